The third-order valence-electron chi connectivity index (χ3n) is 5.79. The number of H-pyrrole nitrogens is 1. The minimum absolute atomic E-state index is 0.278. The van der Waals surface area contributed by atoms with E-state index in [0.717, 1.165) is 37.5 Å². The molecule has 1 aliphatic rings. The van der Waals surface area contributed by atoms with Crippen molar-refractivity contribution in [2.24, 2.45) is 0 Å². The van der Waals surface area contributed by atoms with Crippen molar-refractivity contribution in [3.8, 4) is 11.3 Å². The highest BCUT2D eigenvalue weighted by molar-refractivity contribution is 5.85. The first kappa shape index (κ1) is 18.8. The molecule has 3 aromatic heterocycles. The molecule has 32 heavy (non-hydrogen) atoms. The number of fused-ring (bicyclic) bond motifs is 2. The second-order valence-electron chi connectivity index (χ2n) is 7.80. The summed E-state index contributed by atoms with van der Waals surface area (Å²) in [5.74, 6) is 0.332. The van der Waals surface area contributed by atoms with E-state index in [1.54, 1.807) is 18.5 Å². The van der Waals surface area contributed by atoms with Crippen LogP contribution in [0.25, 0.3) is 27.8 Å². The molecule has 0 radical (unpaired) electrons. The number of rotatable bonds is 4. The first-order valence-corrected chi connectivity index (χ1v) is 10.6. The summed E-state index contributed by atoms with van der Waals surface area (Å²) in [7, 11) is 0. The maximum atomic E-state index is 14.6. The summed E-state index contributed by atoms with van der Waals surface area (Å²) in [5.41, 5.74) is 4.86. The largest absolute Gasteiger partial charge is 0.378 e. The summed E-state index contributed by atoms with van der Waals surface area (Å²) in [6.07, 6.45) is 7.18. The van der Waals surface area contributed by atoms with E-state index in [0.29, 0.717) is 28.1 Å². The van der Waals surface area contributed by atoms with E-state index in [1.165, 1.54) is 11.8 Å². The maximum absolute atomic E-state index is 14.6. The minimum atomic E-state index is -0.278. The van der Waals surface area contributed by atoms with Gasteiger partial charge in [-0.1, -0.05) is 0 Å². The lowest BCUT2D eigenvalue weighted by atomic mass is 10.1. The third-order valence-corrected chi connectivity index (χ3v) is 5.79. The summed E-state index contributed by atoms with van der Waals surface area (Å²) in [6.45, 7) is 3.30. The van der Waals surface area contributed by atoms with Crippen LogP contribution < -0.4 is 10.2 Å². The molecule has 1 aliphatic heterocycles. The van der Waals surface area contributed by atoms with Gasteiger partial charge in [0.2, 0.25) is 0 Å². The summed E-state index contributed by atoms with van der Waals surface area (Å²) < 4.78 is 21.9. The van der Waals surface area contributed by atoms with Crippen LogP contribution in [-0.4, -0.2) is 45.7 Å². The Morgan fingerprint density at radius 2 is 1.91 bits per heavy atom. The molecule has 2 N–H and O–H groups in total. The number of benzene rings is 2. The molecule has 7 nitrogen and oxygen atoms in total. The lowest BCUT2D eigenvalue weighted by molar-refractivity contribution is 0.122. The highest BCUT2D eigenvalue weighted by Crippen LogP contribution is 2.29. The van der Waals surface area contributed by atoms with E-state index in [2.05, 4.69) is 32.3 Å². The highest BCUT2D eigenvalue weighted by Gasteiger charge is 2.14. The summed E-state index contributed by atoms with van der Waals surface area (Å²) in [4.78, 5) is 14.6. The quantitative estimate of drug-likeness (QED) is 0.438. The first-order chi connectivity index (χ1) is 15.7. The zero-order chi connectivity index (χ0) is 21.5. The molecule has 0 amide bonds. The van der Waals surface area contributed by atoms with Gasteiger partial charge in [0.1, 0.15) is 5.82 Å². The average Bonchev–Trinajstić information content (AvgIpc) is 3.50. The zero-order valence-electron chi connectivity index (χ0n) is 17.3. The van der Waals surface area contributed by atoms with Crippen molar-refractivity contribution < 1.29 is 9.13 Å². The molecule has 8 heteroatoms. The van der Waals surface area contributed by atoms with Crippen LogP contribution in [0.5, 0.6) is 0 Å². The summed E-state index contributed by atoms with van der Waals surface area (Å²) in [6, 6.07) is 13.4. The van der Waals surface area contributed by atoms with Crippen LogP contribution in [0.2, 0.25) is 0 Å². The van der Waals surface area contributed by atoms with Gasteiger partial charge in [0.15, 0.2) is 11.5 Å². The predicted molar refractivity (Wildman–Crippen MR) is 123 cm³/mol. The Hall–Kier alpha value is -3.91. The molecular formula is C24H21FN6O. The Bertz CT molecular complexity index is 1400. The van der Waals surface area contributed by atoms with Gasteiger partial charge in [-0.3, -0.25) is 0 Å². The second-order valence-corrected chi connectivity index (χ2v) is 7.80. The van der Waals surface area contributed by atoms with Gasteiger partial charge in [-0.2, -0.15) is 0 Å². The molecule has 0 saturated carbocycles. The number of nitrogens with zero attached hydrogens (tertiary/aromatic N) is 4. The number of anilines is 3. The molecule has 0 unspecified atom stereocenters. The number of nitrogens with one attached hydrogen (secondary N) is 2. The van der Waals surface area contributed by atoms with E-state index >= 15 is 0 Å². The van der Waals surface area contributed by atoms with Gasteiger partial charge in [-0.15, -0.1) is 0 Å². The van der Waals surface area contributed by atoms with Gasteiger partial charge in [0.25, 0.3) is 0 Å². The van der Waals surface area contributed by atoms with Crippen molar-refractivity contribution in [3.05, 3.63) is 73.1 Å². The molecule has 160 valence electrons. The van der Waals surface area contributed by atoms with Gasteiger partial charge in [-0.25, -0.2) is 14.4 Å². The number of hydrogen-bond donors (Lipinski definition) is 2. The van der Waals surface area contributed by atoms with Gasteiger partial charge in [0, 0.05) is 65.7 Å². The molecule has 0 aliphatic carbocycles. The lowest BCUT2D eigenvalue weighted by Gasteiger charge is -2.28. The molecule has 4 heterocycles. The van der Waals surface area contributed by atoms with Crippen LogP contribution in [0.4, 0.5) is 21.6 Å². The van der Waals surface area contributed by atoms with Crippen LogP contribution in [0.15, 0.2) is 67.3 Å². The van der Waals surface area contributed by atoms with E-state index in [9.17, 15) is 4.39 Å². The lowest BCUT2D eigenvalue weighted by Crippen LogP contribution is -2.36. The molecule has 2 aromatic carbocycles. The van der Waals surface area contributed by atoms with Gasteiger partial charge in [-0.05, 0) is 42.5 Å². The van der Waals surface area contributed by atoms with Crippen LogP contribution >= 0.6 is 0 Å². The van der Waals surface area contributed by atoms with Crippen molar-refractivity contribution in [2.45, 2.75) is 0 Å². The number of morpholine rings is 1. The topological polar surface area (TPSA) is 70.5 Å². The standard InChI is InChI=1S/C24H21FN6O/c25-20-13-16(14-21-19(20)5-6-26-21)22-15-31-8-7-27-24(31)23(29-22)28-17-1-3-18(4-2-17)30-9-11-32-12-10-30/h1-8,13-15,26H,9-12H2,(H,28,29). The van der Waals surface area contributed by atoms with Gasteiger partial charge < -0.3 is 24.3 Å². The molecule has 6 rings (SSSR count). The van der Waals surface area contributed by atoms with E-state index < -0.39 is 0 Å². The van der Waals surface area contributed by atoms with Crippen molar-refractivity contribution in [1.82, 2.24) is 19.4 Å². The molecule has 1 saturated heterocycles. The third kappa shape index (κ3) is 3.34. The Morgan fingerprint density at radius 3 is 2.75 bits per heavy atom. The summed E-state index contributed by atoms with van der Waals surface area (Å²) in [5, 5.41) is 3.95. The molecule has 1 fully saturated rings. The number of ether oxygens (including phenoxy) is 1. The fourth-order valence-electron chi connectivity index (χ4n) is 4.14. The Labute approximate surface area is 183 Å². The SMILES string of the molecule is Fc1cc(-c2cn3ccnc3c(Nc3ccc(N4CCOCC4)cc3)n2)cc2[nH]ccc12. The number of imidazole rings is 1. The van der Waals surface area contributed by atoms with E-state index in [-0.39, 0.29) is 5.82 Å². The fourth-order valence-corrected chi connectivity index (χ4v) is 4.14. The van der Waals surface area contributed by atoms with Gasteiger partial charge in [0.05, 0.1) is 18.9 Å². The van der Waals surface area contributed by atoms with Crippen LogP contribution in [-0.2, 0) is 4.74 Å². The normalized spacial score (nSPS) is 14.3. The number of halogens is 1. The molecule has 0 atom stereocenters. The number of aromatic amines is 1. The Morgan fingerprint density at radius 1 is 1.06 bits per heavy atom. The van der Waals surface area contributed by atoms with Crippen molar-refractivity contribution in [3.63, 3.8) is 0 Å². The second kappa shape index (κ2) is 7.65. The van der Waals surface area contributed by atoms with Gasteiger partial charge >= 0.3 is 0 Å². The van der Waals surface area contributed by atoms with Crippen LogP contribution in [0.3, 0.4) is 0 Å². The van der Waals surface area contributed by atoms with Crippen molar-refractivity contribution in [1.29, 1.82) is 0 Å². The Balaban J connectivity index is 1.35. The molecule has 0 spiro atoms. The number of aromatic nitrogens is 4. The monoisotopic (exact) mass is 428 g/mol. The number of hydrogen-bond acceptors (Lipinski definition) is 5. The minimum Gasteiger partial charge on any atom is -0.378 e. The first-order valence-electron chi connectivity index (χ1n) is 10.6. The molecular weight excluding hydrogens is 407 g/mol. The fraction of sp³-hybridized carbons (Fsp3) is 0.167. The van der Waals surface area contributed by atoms with Crippen LogP contribution in [0.1, 0.15) is 0 Å². The average molecular weight is 428 g/mol. The molecule has 5 aromatic rings. The maximum Gasteiger partial charge on any atom is 0.180 e. The van der Waals surface area contributed by atoms with Crippen molar-refractivity contribution >= 4 is 33.7 Å². The summed E-state index contributed by atoms with van der Waals surface area (Å²) >= 11 is 0. The predicted octanol–water partition coefficient (Wildman–Crippen LogP) is 4.60. The van der Waals surface area contributed by atoms with Crippen molar-refractivity contribution in [2.75, 3.05) is 36.5 Å². The Kier molecular flexibility index (Phi) is 4.50. The smallest absolute Gasteiger partial charge is 0.180 e. The van der Waals surface area contributed by atoms with E-state index in [1.807, 2.05) is 35.0 Å². The van der Waals surface area contributed by atoms with Crippen LogP contribution in [0, 0.1) is 5.82 Å². The zero-order valence-corrected chi connectivity index (χ0v) is 17.3. The van der Waals surface area contributed by atoms with E-state index in [4.69, 9.17) is 9.72 Å². The highest BCUT2D eigenvalue weighted by atomic mass is 19.1. The molecule has 0 bridgehead atoms.